The van der Waals surface area contributed by atoms with E-state index in [4.69, 9.17) is 4.74 Å². The largest absolute Gasteiger partial charge is 0.476 e. The van der Waals surface area contributed by atoms with Crippen LogP contribution >= 0.6 is 0 Å². The molecule has 6 nitrogen and oxygen atoms in total. The van der Waals surface area contributed by atoms with Crippen LogP contribution in [0.2, 0.25) is 0 Å². The van der Waals surface area contributed by atoms with Crippen molar-refractivity contribution in [2.75, 3.05) is 10.8 Å². The zero-order chi connectivity index (χ0) is 27.2. The predicted molar refractivity (Wildman–Crippen MR) is 150 cm³/mol. The summed E-state index contributed by atoms with van der Waals surface area (Å²) in [6, 6.07) is 18.5. The number of nitrogens with one attached hydrogen (secondary N) is 1. The monoisotopic (exact) mass is 532 g/mol. The number of hydrogen-bond acceptors (Lipinski definition) is 4. The van der Waals surface area contributed by atoms with Gasteiger partial charge in [-0.1, -0.05) is 62.7 Å². The van der Waals surface area contributed by atoms with Gasteiger partial charge in [0.1, 0.15) is 5.75 Å². The van der Waals surface area contributed by atoms with Crippen LogP contribution in [-0.4, -0.2) is 27.0 Å². The van der Waals surface area contributed by atoms with Crippen LogP contribution < -0.4 is 14.4 Å². The predicted octanol–water partition coefficient (Wildman–Crippen LogP) is 5.61. The standard InChI is InChI=1S/C31H36N2O4S/c1-20-9-14-26(15-10-20)38(35,36)33-19-29(37-28-16-13-25(18-27(28)33)31(3,4)5)30(34)32-21(2)23-12-11-22-7-6-8-24(22)17-23/h9-18,21,29H,6-8,19H2,1-5H3,(H,32,34)/t21-,29-/m1/s1. The van der Waals surface area contributed by atoms with E-state index in [1.165, 1.54) is 15.4 Å². The smallest absolute Gasteiger partial charge is 0.264 e. The summed E-state index contributed by atoms with van der Waals surface area (Å²) in [4.78, 5) is 13.6. The first-order valence-electron chi connectivity index (χ1n) is 13.3. The lowest BCUT2D eigenvalue weighted by Gasteiger charge is -2.36. The molecule has 0 spiro atoms. The Hall–Kier alpha value is -3.32. The van der Waals surface area contributed by atoms with Crippen LogP contribution in [0.1, 0.15) is 68.0 Å². The Morgan fingerprint density at radius 1 is 1.00 bits per heavy atom. The zero-order valence-electron chi connectivity index (χ0n) is 22.7. The highest BCUT2D eigenvalue weighted by Crippen LogP contribution is 2.40. The number of amides is 1. The molecule has 3 aromatic carbocycles. The van der Waals surface area contributed by atoms with Gasteiger partial charge in [-0.3, -0.25) is 9.10 Å². The summed E-state index contributed by atoms with van der Waals surface area (Å²) in [5, 5.41) is 3.06. The lowest BCUT2D eigenvalue weighted by Crippen LogP contribution is -2.51. The summed E-state index contributed by atoms with van der Waals surface area (Å²) in [5.74, 6) is 0.0397. The molecule has 1 aliphatic heterocycles. The number of hydrogen-bond donors (Lipinski definition) is 1. The fourth-order valence-corrected chi connectivity index (χ4v) is 6.64. The van der Waals surface area contributed by atoms with Crippen molar-refractivity contribution in [2.45, 2.75) is 76.3 Å². The van der Waals surface area contributed by atoms with Crippen molar-refractivity contribution < 1.29 is 17.9 Å². The molecule has 3 aromatic rings. The molecule has 0 radical (unpaired) electrons. The normalized spacial score (nSPS) is 17.8. The first kappa shape index (κ1) is 26.3. The molecule has 0 aromatic heterocycles. The average molecular weight is 533 g/mol. The molecule has 1 amide bonds. The van der Waals surface area contributed by atoms with Crippen molar-refractivity contribution in [3.05, 3.63) is 88.5 Å². The van der Waals surface area contributed by atoms with E-state index in [0.717, 1.165) is 36.0 Å². The van der Waals surface area contributed by atoms with Crippen LogP contribution in [0.3, 0.4) is 0 Å². The van der Waals surface area contributed by atoms with Crippen molar-refractivity contribution in [1.82, 2.24) is 5.32 Å². The van der Waals surface area contributed by atoms with Gasteiger partial charge >= 0.3 is 0 Å². The van der Waals surface area contributed by atoms with E-state index in [0.29, 0.717) is 11.4 Å². The molecule has 1 heterocycles. The summed E-state index contributed by atoms with van der Waals surface area (Å²) < 4.78 is 35.2. The second-order valence-electron chi connectivity index (χ2n) is 11.5. The highest BCUT2D eigenvalue weighted by molar-refractivity contribution is 7.92. The maximum atomic E-state index is 13.9. The maximum absolute atomic E-state index is 13.9. The molecule has 5 rings (SSSR count). The van der Waals surface area contributed by atoms with Gasteiger partial charge in [0.15, 0.2) is 6.10 Å². The molecule has 2 aliphatic rings. The SMILES string of the molecule is Cc1ccc(S(=O)(=O)N2C[C@H](C(=O)N[C@H](C)c3ccc4c(c3)CCC4)Oc3ccc(C(C)(C)C)cc32)cc1. The molecular weight excluding hydrogens is 496 g/mol. The van der Waals surface area contributed by atoms with Crippen LogP contribution in [0.4, 0.5) is 5.69 Å². The Morgan fingerprint density at radius 2 is 1.71 bits per heavy atom. The van der Waals surface area contributed by atoms with Crippen LogP contribution in [0.15, 0.2) is 65.6 Å². The van der Waals surface area contributed by atoms with Gasteiger partial charge in [-0.05, 0) is 85.0 Å². The third-order valence-electron chi connectivity index (χ3n) is 7.58. The highest BCUT2D eigenvalue weighted by atomic mass is 32.2. The van der Waals surface area contributed by atoms with Gasteiger partial charge in [0.2, 0.25) is 0 Å². The number of sulfonamides is 1. The van der Waals surface area contributed by atoms with E-state index in [-0.39, 0.29) is 28.8 Å². The number of carbonyl (C=O) groups is 1. The van der Waals surface area contributed by atoms with Gasteiger partial charge < -0.3 is 10.1 Å². The number of fused-ring (bicyclic) bond motifs is 2. The number of carbonyl (C=O) groups excluding carboxylic acids is 1. The number of nitrogens with zero attached hydrogens (tertiary/aromatic N) is 1. The van der Waals surface area contributed by atoms with Crippen molar-refractivity contribution in [2.24, 2.45) is 0 Å². The summed E-state index contributed by atoms with van der Waals surface area (Å²) in [5.41, 5.74) is 5.98. The van der Waals surface area contributed by atoms with Crippen LogP contribution in [0.25, 0.3) is 0 Å². The van der Waals surface area contributed by atoms with Crippen molar-refractivity contribution >= 4 is 21.6 Å². The van der Waals surface area contributed by atoms with Crippen molar-refractivity contribution in [3.8, 4) is 5.75 Å². The van der Waals surface area contributed by atoms with Gasteiger partial charge in [-0.2, -0.15) is 0 Å². The molecule has 200 valence electrons. The number of rotatable bonds is 5. The summed E-state index contributed by atoms with van der Waals surface area (Å²) in [7, 11) is -3.94. The summed E-state index contributed by atoms with van der Waals surface area (Å²) in [6.45, 7) is 9.98. The van der Waals surface area contributed by atoms with E-state index in [1.807, 2.05) is 26.0 Å². The maximum Gasteiger partial charge on any atom is 0.264 e. The second kappa shape index (κ2) is 9.77. The van der Waals surface area contributed by atoms with Crippen molar-refractivity contribution in [1.29, 1.82) is 0 Å². The molecule has 7 heteroatoms. The van der Waals surface area contributed by atoms with E-state index < -0.39 is 16.1 Å². The Balaban J connectivity index is 1.46. The first-order valence-corrected chi connectivity index (χ1v) is 14.7. The third-order valence-corrected chi connectivity index (χ3v) is 9.37. The highest BCUT2D eigenvalue weighted by Gasteiger charge is 2.38. The minimum Gasteiger partial charge on any atom is -0.476 e. The van der Waals surface area contributed by atoms with E-state index in [9.17, 15) is 13.2 Å². The molecular formula is C31H36N2O4S. The molecule has 38 heavy (non-hydrogen) atoms. The fourth-order valence-electron chi connectivity index (χ4n) is 5.17. The Labute approximate surface area is 226 Å². The minimum atomic E-state index is -3.94. The molecule has 1 N–H and O–H groups in total. The van der Waals surface area contributed by atoms with Gasteiger partial charge in [0.05, 0.1) is 23.2 Å². The summed E-state index contributed by atoms with van der Waals surface area (Å²) >= 11 is 0. The molecule has 0 unspecified atom stereocenters. The molecule has 1 aliphatic carbocycles. The van der Waals surface area contributed by atoms with E-state index >= 15 is 0 Å². The van der Waals surface area contributed by atoms with Crippen LogP contribution in [-0.2, 0) is 33.1 Å². The quantitative estimate of drug-likeness (QED) is 0.463. The Bertz CT molecular complexity index is 1470. The average Bonchev–Trinajstić information content (AvgIpc) is 3.35. The minimum absolute atomic E-state index is 0.112. The number of benzene rings is 3. The van der Waals surface area contributed by atoms with Gasteiger partial charge in [0, 0.05) is 0 Å². The third kappa shape index (κ3) is 5.04. The van der Waals surface area contributed by atoms with E-state index in [1.54, 1.807) is 30.3 Å². The Morgan fingerprint density at radius 3 is 2.42 bits per heavy atom. The molecule has 0 fully saturated rings. The van der Waals surface area contributed by atoms with Gasteiger partial charge in [-0.15, -0.1) is 0 Å². The van der Waals surface area contributed by atoms with Gasteiger partial charge in [-0.25, -0.2) is 8.42 Å². The van der Waals surface area contributed by atoms with Crippen LogP contribution in [0.5, 0.6) is 5.75 Å². The number of aryl methyl sites for hydroxylation is 3. The Kier molecular flexibility index (Phi) is 6.76. The lowest BCUT2D eigenvalue weighted by atomic mass is 9.86. The summed E-state index contributed by atoms with van der Waals surface area (Å²) in [6.07, 6.45) is 2.35. The number of anilines is 1. The topological polar surface area (TPSA) is 75.7 Å². The van der Waals surface area contributed by atoms with Gasteiger partial charge in [0.25, 0.3) is 15.9 Å². The molecule has 0 bridgehead atoms. The van der Waals surface area contributed by atoms with E-state index in [2.05, 4.69) is 44.3 Å². The molecule has 0 saturated heterocycles. The second-order valence-corrected chi connectivity index (χ2v) is 13.4. The van der Waals surface area contributed by atoms with Crippen LogP contribution in [0, 0.1) is 6.92 Å². The van der Waals surface area contributed by atoms with Crippen molar-refractivity contribution in [3.63, 3.8) is 0 Å². The molecule has 2 atom stereocenters. The number of ether oxygens (including phenoxy) is 1. The molecule has 0 saturated carbocycles. The fraction of sp³-hybridized carbons (Fsp3) is 0.387. The zero-order valence-corrected chi connectivity index (χ0v) is 23.6. The first-order chi connectivity index (χ1) is 17.9. The lowest BCUT2D eigenvalue weighted by molar-refractivity contribution is -0.128.